The Balaban J connectivity index is 1.65. The van der Waals surface area contributed by atoms with Crippen molar-refractivity contribution < 1.29 is 28.8 Å². The van der Waals surface area contributed by atoms with Crippen molar-refractivity contribution in [2.75, 3.05) is 13.7 Å². The molecule has 1 N–H and O–H groups in total. The Morgan fingerprint density at radius 1 is 1.06 bits per heavy atom. The molecule has 0 radical (unpaired) electrons. The van der Waals surface area contributed by atoms with E-state index < -0.39 is 11.4 Å². The number of methoxy groups -OCH3 is 1. The van der Waals surface area contributed by atoms with Crippen LogP contribution in [0.2, 0.25) is 0 Å². The Labute approximate surface area is 180 Å². The van der Waals surface area contributed by atoms with Gasteiger partial charge < -0.3 is 19.0 Å². The van der Waals surface area contributed by atoms with Gasteiger partial charge >= 0.3 is 0 Å². The van der Waals surface area contributed by atoms with Gasteiger partial charge in [0.1, 0.15) is 17.0 Å². The number of rotatable bonds is 3. The molecule has 0 spiro atoms. The maximum atomic E-state index is 10.6. The van der Waals surface area contributed by atoms with Gasteiger partial charge in [0, 0.05) is 28.0 Å². The van der Waals surface area contributed by atoms with E-state index in [2.05, 4.69) is 39.6 Å². The Hall–Kier alpha value is -2.61. The first-order chi connectivity index (χ1) is 14.5. The fourth-order valence-electron chi connectivity index (χ4n) is 5.32. The number of nitrogens with zero attached hydrogens (tertiary/aromatic N) is 1. The highest BCUT2D eigenvalue weighted by Gasteiger charge is 2.81. The van der Waals surface area contributed by atoms with E-state index in [1.54, 1.807) is 25.3 Å². The Morgan fingerprint density at radius 2 is 1.84 bits per heavy atom. The molecular formula is C24H27NO6. The molecule has 0 bridgehead atoms. The van der Waals surface area contributed by atoms with E-state index in [-0.39, 0.29) is 16.6 Å². The largest absolute Gasteiger partial charge is 0.508 e. The number of phenolic OH excluding ortho intramolecular Hbond substituents is 1. The smallest absolute Gasteiger partial charge is 0.261 e. The van der Waals surface area contributed by atoms with Gasteiger partial charge in [-0.1, -0.05) is 34.6 Å². The Kier molecular flexibility index (Phi) is 4.07. The monoisotopic (exact) mass is 425 g/mol. The molecule has 3 aromatic rings. The van der Waals surface area contributed by atoms with E-state index in [4.69, 9.17) is 23.7 Å². The summed E-state index contributed by atoms with van der Waals surface area (Å²) in [6, 6.07) is 10.6. The SMILES string of the molecule is COc1ccc2nc(-c3cc(O)cc(C45OCC(C)(C)C4(C(C)(C)C)OO5)c3)oc2c1. The van der Waals surface area contributed by atoms with Crippen LogP contribution >= 0.6 is 0 Å². The van der Waals surface area contributed by atoms with Crippen molar-refractivity contribution in [3.8, 4) is 23.0 Å². The molecule has 2 atom stereocenters. The number of hydrogen-bond acceptors (Lipinski definition) is 7. The van der Waals surface area contributed by atoms with Crippen molar-refractivity contribution in [2.45, 2.75) is 46.0 Å². The van der Waals surface area contributed by atoms with Crippen LogP contribution in [0.25, 0.3) is 22.6 Å². The van der Waals surface area contributed by atoms with E-state index >= 15 is 0 Å². The minimum absolute atomic E-state index is 0.0633. The summed E-state index contributed by atoms with van der Waals surface area (Å²) in [6.07, 6.45) is 0. The molecule has 5 rings (SSSR count). The molecule has 3 heterocycles. The summed E-state index contributed by atoms with van der Waals surface area (Å²) in [5, 5.41) is 10.6. The van der Waals surface area contributed by atoms with Crippen LogP contribution in [0, 0.1) is 10.8 Å². The first-order valence-electron chi connectivity index (χ1n) is 10.3. The zero-order valence-corrected chi connectivity index (χ0v) is 18.6. The average molecular weight is 425 g/mol. The third kappa shape index (κ3) is 2.54. The molecular weight excluding hydrogens is 398 g/mol. The van der Waals surface area contributed by atoms with Crippen LogP contribution in [-0.4, -0.2) is 29.4 Å². The van der Waals surface area contributed by atoms with Crippen molar-refractivity contribution in [1.29, 1.82) is 0 Å². The molecule has 2 aromatic carbocycles. The molecule has 7 nitrogen and oxygen atoms in total. The van der Waals surface area contributed by atoms with Crippen LogP contribution in [0.5, 0.6) is 11.5 Å². The average Bonchev–Trinajstić information content (AvgIpc) is 3.15. The van der Waals surface area contributed by atoms with Crippen molar-refractivity contribution in [1.82, 2.24) is 4.98 Å². The van der Waals surface area contributed by atoms with Crippen LogP contribution in [0.4, 0.5) is 0 Å². The molecule has 164 valence electrons. The third-order valence-electron chi connectivity index (χ3n) is 6.53. The molecule has 0 aliphatic carbocycles. The summed E-state index contributed by atoms with van der Waals surface area (Å²) in [7, 11) is 1.60. The number of phenols is 1. The van der Waals surface area contributed by atoms with E-state index in [1.165, 1.54) is 0 Å². The van der Waals surface area contributed by atoms with Crippen LogP contribution < -0.4 is 4.74 Å². The van der Waals surface area contributed by atoms with Gasteiger partial charge in [0.15, 0.2) is 11.2 Å². The third-order valence-corrected chi connectivity index (χ3v) is 6.53. The summed E-state index contributed by atoms with van der Waals surface area (Å²) < 4.78 is 17.5. The van der Waals surface area contributed by atoms with Crippen molar-refractivity contribution in [3.63, 3.8) is 0 Å². The highest BCUT2D eigenvalue weighted by Crippen LogP contribution is 2.69. The molecule has 2 fully saturated rings. The highest BCUT2D eigenvalue weighted by atomic mass is 17.3. The number of hydrogen-bond donors (Lipinski definition) is 1. The van der Waals surface area contributed by atoms with Gasteiger partial charge in [0.2, 0.25) is 5.89 Å². The first kappa shape index (κ1) is 20.3. The summed E-state index contributed by atoms with van der Waals surface area (Å²) in [5.74, 6) is -0.0106. The van der Waals surface area contributed by atoms with Crippen molar-refractivity contribution in [2.24, 2.45) is 10.8 Å². The lowest BCUT2D eigenvalue weighted by Gasteiger charge is -2.61. The maximum absolute atomic E-state index is 10.6. The lowest BCUT2D eigenvalue weighted by atomic mass is 9.57. The standard InChI is InChI=1S/C24H27NO6/c1-21(2,3)24-22(4,5)13-28-23(24,30-31-24)15-9-14(10-16(26)11-15)20-25-18-8-7-17(27-6)12-19(18)29-20/h7-12,26H,13H2,1-6H3. The van der Waals surface area contributed by atoms with Gasteiger partial charge in [0.25, 0.3) is 5.79 Å². The van der Waals surface area contributed by atoms with Crippen LogP contribution in [0.15, 0.2) is 40.8 Å². The fourth-order valence-corrected chi connectivity index (χ4v) is 5.32. The van der Waals surface area contributed by atoms with Gasteiger partial charge in [-0.15, -0.1) is 0 Å². The quantitative estimate of drug-likeness (QED) is 0.580. The normalized spacial score (nSPS) is 27.2. The molecule has 7 heteroatoms. The van der Waals surface area contributed by atoms with Crippen molar-refractivity contribution >= 4 is 11.1 Å². The van der Waals surface area contributed by atoms with Crippen LogP contribution in [0.1, 0.15) is 40.2 Å². The topological polar surface area (TPSA) is 83.2 Å². The molecule has 0 amide bonds. The molecule has 2 aliphatic heterocycles. The summed E-state index contributed by atoms with van der Waals surface area (Å²) in [5.41, 5.74) is 1.22. The summed E-state index contributed by atoms with van der Waals surface area (Å²) in [6.45, 7) is 11.0. The Bertz CT molecular complexity index is 1180. The van der Waals surface area contributed by atoms with Crippen LogP contribution in [0.3, 0.4) is 0 Å². The molecule has 1 aromatic heterocycles. The second-order valence-corrected chi connectivity index (χ2v) is 10.0. The molecule has 2 unspecified atom stereocenters. The molecule has 31 heavy (non-hydrogen) atoms. The van der Waals surface area contributed by atoms with E-state index in [9.17, 15) is 5.11 Å². The van der Waals surface area contributed by atoms with Gasteiger partial charge in [-0.3, -0.25) is 0 Å². The fraction of sp³-hybridized carbons (Fsp3) is 0.458. The lowest BCUT2D eigenvalue weighted by molar-refractivity contribution is -0.626. The lowest BCUT2D eigenvalue weighted by Crippen LogP contribution is -2.73. The zero-order chi connectivity index (χ0) is 22.2. The van der Waals surface area contributed by atoms with Gasteiger partial charge in [-0.05, 0) is 30.3 Å². The number of aromatic nitrogens is 1. The number of benzene rings is 2. The minimum Gasteiger partial charge on any atom is -0.508 e. The number of ether oxygens (including phenoxy) is 2. The predicted molar refractivity (Wildman–Crippen MR) is 113 cm³/mol. The highest BCUT2D eigenvalue weighted by molar-refractivity contribution is 5.78. The minimum atomic E-state index is -1.14. The Morgan fingerprint density at radius 3 is 2.48 bits per heavy atom. The molecule has 0 saturated carbocycles. The first-order valence-corrected chi connectivity index (χ1v) is 10.3. The molecule has 2 aliphatic rings. The maximum Gasteiger partial charge on any atom is 0.261 e. The van der Waals surface area contributed by atoms with E-state index in [0.29, 0.717) is 40.5 Å². The summed E-state index contributed by atoms with van der Waals surface area (Å²) >= 11 is 0. The number of oxazole rings is 1. The van der Waals surface area contributed by atoms with Crippen molar-refractivity contribution in [3.05, 3.63) is 42.0 Å². The number of fused-ring (bicyclic) bond motifs is 2. The molecule has 2 saturated heterocycles. The second-order valence-electron chi connectivity index (χ2n) is 10.0. The summed E-state index contributed by atoms with van der Waals surface area (Å²) in [4.78, 5) is 16.2. The van der Waals surface area contributed by atoms with E-state index in [1.807, 2.05) is 18.2 Å². The van der Waals surface area contributed by atoms with Gasteiger partial charge in [0.05, 0.1) is 13.7 Å². The van der Waals surface area contributed by atoms with Gasteiger partial charge in [-0.25, -0.2) is 9.87 Å². The number of aromatic hydroxyl groups is 1. The van der Waals surface area contributed by atoms with Gasteiger partial charge in [-0.2, -0.15) is 4.89 Å². The van der Waals surface area contributed by atoms with Crippen LogP contribution in [-0.2, 0) is 20.3 Å². The predicted octanol–water partition coefficient (Wildman–Crippen LogP) is 5.16. The van der Waals surface area contributed by atoms with E-state index in [0.717, 1.165) is 0 Å². The second kappa shape index (κ2) is 6.22. The zero-order valence-electron chi connectivity index (χ0n) is 18.6.